The van der Waals surface area contributed by atoms with E-state index in [4.69, 9.17) is 0 Å². The molecule has 2 aliphatic carbocycles. The first-order valence-electron chi connectivity index (χ1n) is 16.5. The quantitative estimate of drug-likeness (QED) is 0.349. The molecular formula is C35H73N5. The molecule has 0 aromatic rings. The van der Waals surface area contributed by atoms with Crippen LogP contribution in [0.25, 0.3) is 0 Å². The average molecular weight is 564 g/mol. The molecule has 7 heterocycles. The molecule has 0 aromatic heterocycles. The molecule has 4 atom stereocenters. The van der Waals surface area contributed by atoms with Crippen LogP contribution < -0.4 is 5.32 Å². The molecule has 5 nitrogen and oxygen atoms in total. The minimum Gasteiger partial charge on any atom is -0.312 e. The Kier molecular flexibility index (Phi) is 15.5. The molecule has 7 aliphatic heterocycles. The summed E-state index contributed by atoms with van der Waals surface area (Å²) in [6, 6.07) is 4.68. The number of hydrogen-bond acceptors (Lipinski definition) is 5. The van der Waals surface area contributed by atoms with E-state index in [0.717, 1.165) is 48.0 Å². The van der Waals surface area contributed by atoms with Gasteiger partial charge in [0.2, 0.25) is 0 Å². The Labute approximate surface area is 252 Å². The maximum Gasteiger partial charge on any atom is 0.0224 e. The monoisotopic (exact) mass is 564 g/mol. The summed E-state index contributed by atoms with van der Waals surface area (Å²) in [5.41, 5.74) is 0. The van der Waals surface area contributed by atoms with Crippen molar-refractivity contribution in [1.29, 1.82) is 0 Å². The van der Waals surface area contributed by atoms with E-state index in [9.17, 15) is 0 Å². The molecule has 2 saturated carbocycles. The van der Waals surface area contributed by atoms with Crippen molar-refractivity contribution in [2.45, 2.75) is 149 Å². The molecule has 5 heteroatoms. The van der Waals surface area contributed by atoms with Crippen LogP contribution in [0.2, 0.25) is 0 Å². The third-order valence-electron chi connectivity index (χ3n) is 12.0. The molecule has 7 saturated heterocycles. The lowest BCUT2D eigenvalue weighted by Gasteiger charge is -2.43. The van der Waals surface area contributed by atoms with Gasteiger partial charge in [0.1, 0.15) is 0 Å². The zero-order chi connectivity index (χ0) is 25.8. The summed E-state index contributed by atoms with van der Waals surface area (Å²) in [7, 11) is 9.06. The standard InChI is InChI=1S/C9H17N.C8H16N2.C8H15N.C7H13N.3CH4/c1-10-7-3-5-8-4-2-6-9(8)10;1-10-5-3-7-2-4-9-8(7)6-10;1-9-6-7-2-4-8(9)5-3-7;1-8-6-2-3-7(8)5-4-6;;;/h8-9H,2-7H2,1H3;7-9H,2-6H2,1H3;7-8H,2-6H2,1H3;6-7H,2-5H2,1H3;3*1H4. The SMILES string of the molecule is C.C.C.CN1C2CCC1CC2.CN1CC2CCC1CC2.CN1CCC2CCNC2C1.CN1CCCC2CCCC21. The Bertz CT molecular complexity index is 659. The molecule has 4 bridgehead atoms. The molecule has 0 spiro atoms. The fourth-order valence-electron chi connectivity index (χ4n) is 9.39. The highest BCUT2D eigenvalue weighted by Gasteiger charge is 2.36. The molecule has 1 N–H and O–H groups in total. The van der Waals surface area contributed by atoms with Gasteiger partial charge in [-0.3, -0.25) is 0 Å². The first-order valence-corrected chi connectivity index (χ1v) is 16.5. The van der Waals surface area contributed by atoms with Crippen molar-refractivity contribution >= 4 is 0 Å². The van der Waals surface area contributed by atoms with Gasteiger partial charge in [-0.25, -0.2) is 0 Å². The van der Waals surface area contributed by atoms with Gasteiger partial charge in [-0.2, -0.15) is 0 Å². The molecule has 40 heavy (non-hydrogen) atoms. The van der Waals surface area contributed by atoms with Gasteiger partial charge in [0, 0.05) is 43.3 Å². The van der Waals surface area contributed by atoms with E-state index < -0.39 is 0 Å². The summed E-state index contributed by atoms with van der Waals surface area (Å²) in [6.45, 7) is 6.56. The van der Waals surface area contributed by atoms with Crippen LogP contribution in [0.4, 0.5) is 0 Å². The Morgan fingerprint density at radius 3 is 1.65 bits per heavy atom. The molecule has 4 unspecified atom stereocenters. The Morgan fingerprint density at radius 1 is 0.525 bits per heavy atom. The van der Waals surface area contributed by atoms with E-state index in [0.29, 0.717) is 0 Å². The van der Waals surface area contributed by atoms with Gasteiger partial charge in [0.15, 0.2) is 0 Å². The van der Waals surface area contributed by atoms with Crippen molar-refractivity contribution in [3.63, 3.8) is 0 Å². The molecule has 238 valence electrons. The normalized spacial score (nSPS) is 39.9. The first kappa shape index (κ1) is 36.0. The van der Waals surface area contributed by atoms with E-state index >= 15 is 0 Å². The minimum absolute atomic E-state index is 0. The Morgan fingerprint density at radius 2 is 1.15 bits per heavy atom. The van der Waals surface area contributed by atoms with Gasteiger partial charge in [-0.1, -0.05) is 28.7 Å². The number of fused-ring (bicyclic) bond motifs is 7. The highest BCUT2D eigenvalue weighted by molar-refractivity contribution is 4.92. The molecule has 9 fully saturated rings. The van der Waals surface area contributed by atoms with Crippen molar-refractivity contribution in [3.05, 3.63) is 0 Å². The second-order valence-corrected chi connectivity index (χ2v) is 14.3. The maximum absolute atomic E-state index is 3.55. The number of rotatable bonds is 0. The van der Waals surface area contributed by atoms with Gasteiger partial charge < -0.3 is 24.9 Å². The van der Waals surface area contributed by atoms with Crippen molar-refractivity contribution in [2.75, 3.05) is 60.9 Å². The van der Waals surface area contributed by atoms with E-state index in [-0.39, 0.29) is 22.3 Å². The lowest BCUT2D eigenvalue weighted by Crippen LogP contribution is -2.45. The Balaban J connectivity index is 0.000000183. The van der Waals surface area contributed by atoms with Gasteiger partial charge >= 0.3 is 0 Å². The van der Waals surface area contributed by atoms with Gasteiger partial charge in [0.05, 0.1) is 0 Å². The number of piperidine rings is 4. The molecule has 0 radical (unpaired) electrons. The molecular weight excluding hydrogens is 490 g/mol. The van der Waals surface area contributed by atoms with Crippen LogP contribution >= 0.6 is 0 Å². The molecule has 9 aliphatic rings. The fourth-order valence-corrected chi connectivity index (χ4v) is 9.39. The predicted octanol–water partition coefficient (Wildman–Crippen LogP) is 6.82. The van der Waals surface area contributed by atoms with Gasteiger partial charge in [-0.05, 0) is 155 Å². The van der Waals surface area contributed by atoms with Gasteiger partial charge in [0.25, 0.3) is 0 Å². The summed E-state index contributed by atoms with van der Waals surface area (Å²) < 4.78 is 0. The number of likely N-dealkylation sites (N-methyl/N-ethyl adjacent to an activating group) is 1. The number of hydrogen-bond donors (Lipinski definition) is 1. The lowest BCUT2D eigenvalue weighted by atomic mass is 9.80. The summed E-state index contributed by atoms with van der Waals surface area (Å²) in [6.07, 6.45) is 22.1. The third-order valence-corrected chi connectivity index (χ3v) is 12.0. The third kappa shape index (κ3) is 9.15. The summed E-state index contributed by atoms with van der Waals surface area (Å²) in [5, 5.41) is 3.55. The number of likely N-dealkylation sites (tertiary alicyclic amines) is 2. The number of nitrogens with zero attached hydrogens (tertiary/aromatic N) is 4. The van der Waals surface area contributed by atoms with Crippen LogP contribution in [0.3, 0.4) is 0 Å². The molecule has 9 rings (SSSR count). The highest BCUT2D eigenvalue weighted by Crippen LogP contribution is 2.36. The summed E-state index contributed by atoms with van der Waals surface area (Å²) >= 11 is 0. The zero-order valence-electron chi connectivity index (χ0n) is 25.0. The summed E-state index contributed by atoms with van der Waals surface area (Å²) in [5.74, 6) is 3.12. The van der Waals surface area contributed by atoms with Crippen molar-refractivity contribution < 1.29 is 0 Å². The minimum atomic E-state index is 0. The first-order chi connectivity index (χ1) is 18.0. The Hall–Kier alpha value is -0.200. The second kappa shape index (κ2) is 17.2. The van der Waals surface area contributed by atoms with E-state index in [1.54, 1.807) is 0 Å². The van der Waals surface area contributed by atoms with Crippen molar-refractivity contribution in [3.8, 4) is 0 Å². The van der Waals surface area contributed by atoms with E-state index in [1.807, 2.05) is 0 Å². The van der Waals surface area contributed by atoms with Crippen LogP contribution in [-0.4, -0.2) is 111 Å². The van der Waals surface area contributed by atoms with E-state index in [1.165, 1.54) is 129 Å². The smallest absolute Gasteiger partial charge is 0.0224 e. The van der Waals surface area contributed by atoms with Crippen LogP contribution in [-0.2, 0) is 0 Å². The maximum atomic E-state index is 3.55. The topological polar surface area (TPSA) is 25.0 Å². The second-order valence-electron chi connectivity index (χ2n) is 14.3. The molecule has 0 amide bonds. The van der Waals surface area contributed by atoms with Crippen LogP contribution in [0.1, 0.15) is 119 Å². The average Bonchev–Trinajstić information content (AvgIpc) is 3.72. The highest BCUT2D eigenvalue weighted by atomic mass is 15.2. The lowest BCUT2D eigenvalue weighted by molar-refractivity contribution is 0.0727. The van der Waals surface area contributed by atoms with Crippen LogP contribution in [0.5, 0.6) is 0 Å². The summed E-state index contributed by atoms with van der Waals surface area (Å²) in [4.78, 5) is 10.1. The zero-order valence-corrected chi connectivity index (χ0v) is 25.0. The van der Waals surface area contributed by atoms with Gasteiger partial charge in [-0.15, -0.1) is 0 Å². The number of nitrogens with one attached hydrogen (secondary N) is 1. The molecule has 0 aromatic carbocycles. The van der Waals surface area contributed by atoms with Crippen molar-refractivity contribution in [2.24, 2.45) is 17.8 Å². The van der Waals surface area contributed by atoms with Crippen molar-refractivity contribution in [1.82, 2.24) is 24.9 Å². The largest absolute Gasteiger partial charge is 0.312 e. The van der Waals surface area contributed by atoms with E-state index in [2.05, 4.69) is 53.1 Å². The predicted molar refractivity (Wildman–Crippen MR) is 177 cm³/mol. The fraction of sp³-hybridized carbons (Fsp3) is 1.00. The van der Waals surface area contributed by atoms with Crippen LogP contribution in [0.15, 0.2) is 0 Å². The van der Waals surface area contributed by atoms with Crippen LogP contribution in [0, 0.1) is 17.8 Å².